The third-order valence-corrected chi connectivity index (χ3v) is 3.76. The lowest BCUT2D eigenvalue weighted by molar-refractivity contribution is 0.0927. The molecular formula is C15H20N2O4. The Hall–Kier alpha value is -1.95. The van der Waals surface area contributed by atoms with Crippen LogP contribution in [0.15, 0.2) is 12.1 Å². The quantitative estimate of drug-likeness (QED) is 0.868. The second-order valence-electron chi connectivity index (χ2n) is 5.20. The Bertz CT molecular complexity index is 509. The van der Waals surface area contributed by atoms with E-state index in [0.717, 1.165) is 25.9 Å². The molecule has 0 spiro atoms. The van der Waals surface area contributed by atoms with Crippen molar-refractivity contribution in [1.29, 1.82) is 0 Å². The number of methoxy groups -OCH3 is 1. The molecule has 1 fully saturated rings. The Balaban J connectivity index is 1.79. The summed E-state index contributed by atoms with van der Waals surface area (Å²) in [7, 11) is 1.56. The number of rotatable bonds is 3. The van der Waals surface area contributed by atoms with Gasteiger partial charge in [0.2, 0.25) is 5.75 Å². The average Bonchev–Trinajstić information content (AvgIpc) is 2.54. The molecule has 2 aliphatic rings. The monoisotopic (exact) mass is 292 g/mol. The van der Waals surface area contributed by atoms with Crippen LogP contribution in [0.3, 0.4) is 0 Å². The third kappa shape index (κ3) is 3.05. The van der Waals surface area contributed by atoms with E-state index >= 15 is 0 Å². The molecule has 2 heterocycles. The van der Waals surface area contributed by atoms with Gasteiger partial charge in [0.05, 0.1) is 7.11 Å². The number of ether oxygens (including phenoxy) is 3. The predicted octanol–water partition coefficient (Wildman–Crippen LogP) is 0.948. The molecule has 1 aromatic rings. The van der Waals surface area contributed by atoms with Crippen LogP contribution in [0.25, 0.3) is 0 Å². The fraction of sp³-hybridized carbons (Fsp3) is 0.533. The molecule has 21 heavy (non-hydrogen) atoms. The molecule has 2 aliphatic heterocycles. The lowest BCUT2D eigenvalue weighted by Crippen LogP contribution is -2.42. The smallest absolute Gasteiger partial charge is 0.251 e. The van der Waals surface area contributed by atoms with Crippen molar-refractivity contribution in [2.75, 3.05) is 33.4 Å². The fourth-order valence-electron chi connectivity index (χ4n) is 2.64. The zero-order chi connectivity index (χ0) is 14.7. The summed E-state index contributed by atoms with van der Waals surface area (Å²) in [6, 6.07) is 3.63. The van der Waals surface area contributed by atoms with Crippen LogP contribution in [0, 0.1) is 0 Å². The maximum atomic E-state index is 12.4. The van der Waals surface area contributed by atoms with Crippen LogP contribution in [0.1, 0.15) is 23.2 Å². The van der Waals surface area contributed by atoms with Gasteiger partial charge < -0.3 is 24.8 Å². The first-order valence-corrected chi connectivity index (χ1v) is 7.27. The molecule has 114 valence electrons. The maximum absolute atomic E-state index is 12.4. The van der Waals surface area contributed by atoms with Gasteiger partial charge in [-0.1, -0.05) is 0 Å². The number of amides is 1. The van der Waals surface area contributed by atoms with E-state index < -0.39 is 0 Å². The van der Waals surface area contributed by atoms with Crippen molar-refractivity contribution in [3.05, 3.63) is 17.7 Å². The predicted molar refractivity (Wildman–Crippen MR) is 77.3 cm³/mol. The van der Waals surface area contributed by atoms with E-state index in [9.17, 15) is 4.79 Å². The molecule has 2 N–H and O–H groups in total. The average molecular weight is 292 g/mol. The van der Waals surface area contributed by atoms with Gasteiger partial charge in [-0.25, -0.2) is 0 Å². The Labute approximate surface area is 123 Å². The van der Waals surface area contributed by atoms with Crippen LogP contribution in [0.2, 0.25) is 0 Å². The molecule has 0 aliphatic carbocycles. The standard InChI is InChI=1S/C15H20N2O4/c1-19-12-8-10(9-13-14(12)21-7-6-20-13)15(18)17-11-2-4-16-5-3-11/h8-9,11,16H,2-7H2,1H3,(H,17,18). The molecule has 1 saturated heterocycles. The largest absolute Gasteiger partial charge is 0.493 e. The summed E-state index contributed by atoms with van der Waals surface area (Å²) in [5.74, 6) is 1.57. The SMILES string of the molecule is COc1cc(C(=O)NC2CCNCC2)cc2c1OCCO2. The van der Waals surface area contributed by atoms with E-state index in [1.54, 1.807) is 19.2 Å². The lowest BCUT2D eigenvalue weighted by Gasteiger charge is -2.24. The minimum absolute atomic E-state index is 0.0998. The van der Waals surface area contributed by atoms with Crippen molar-refractivity contribution in [3.63, 3.8) is 0 Å². The second kappa shape index (κ2) is 6.22. The normalized spacial score (nSPS) is 18.1. The number of piperidine rings is 1. The van der Waals surface area contributed by atoms with Gasteiger partial charge in [0.1, 0.15) is 13.2 Å². The number of hydrogen-bond donors (Lipinski definition) is 2. The van der Waals surface area contributed by atoms with Crippen LogP contribution in [-0.4, -0.2) is 45.4 Å². The summed E-state index contributed by atoms with van der Waals surface area (Å²) >= 11 is 0. The van der Waals surface area contributed by atoms with Gasteiger partial charge in [-0.05, 0) is 38.1 Å². The second-order valence-corrected chi connectivity index (χ2v) is 5.20. The molecule has 6 nitrogen and oxygen atoms in total. The topological polar surface area (TPSA) is 68.8 Å². The van der Waals surface area contributed by atoms with Crippen molar-refractivity contribution < 1.29 is 19.0 Å². The molecule has 0 bridgehead atoms. The lowest BCUT2D eigenvalue weighted by atomic mass is 10.1. The number of benzene rings is 1. The number of carbonyl (C=O) groups excluding carboxylic acids is 1. The van der Waals surface area contributed by atoms with E-state index in [1.807, 2.05) is 0 Å². The Morgan fingerprint density at radius 2 is 2.05 bits per heavy atom. The summed E-state index contributed by atoms with van der Waals surface area (Å²) in [5.41, 5.74) is 0.537. The van der Waals surface area contributed by atoms with E-state index in [1.165, 1.54) is 0 Å². The van der Waals surface area contributed by atoms with Gasteiger partial charge in [-0.2, -0.15) is 0 Å². The van der Waals surface area contributed by atoms with E-state index in [4.69, 9.17) is 14.2 Å². The Morgan fingerprint density at radius 1 is 1.29 bits per heavy atom. The Morgan fingerprint density at radius 3 is 2.81 bits per heavy atom. The number of carbonyl (C=O) groups is 1. The third-order valence-electron chi connectivity index (χ3n) is 3.76. The van der Waals surface area contributed by atoms with Gasteiger partial charge >= 0.3 is 0 Å². The van der Waals surface area contributed by atoms with E-state index in [-0.39, 0.29) is 11.9 Å². The summed E-state index contributed by atoms with van der Waals surface area (Å²) in [5, 5.41) is 6.34. The highest BCUT2D eigenvalue weighted by molar-refractivity contribution is 5.95. The molecule has 0 unspecified atom stereocenters. The van der Waals surface area contributed by atoms with Crippen LogP contribution in [0.4, 0.5) is 0 Å². The molecule has 0 aromatic heterocycles. The van der Waals surface area contributed by atoms with E-state index in [2.05, 4.69) is 10.6 Å². The minimum atomic E-state index is -0.0998. The summed E-state index contributed by atoms with van der Waals surface area (Å²) < 4.78 is 16.4. The zero-order valence-corrected chi connectivity index (χ0v) is 12.1. The fourth-order valence-corrected chi connectivity index (χ4v) is 2.64. The number of fused-ring (bicyclic) bond motifs is 1. The molecule has 1 aromatic carbocycles. The molecule has 1 amide bonds. The molecule has 6 heteroatoms. The van der Waals surface area contributed by atoms with Crippen molar-refractivity contribution in [2.45, 2.75) is 18.9 Å². The van der Waals surface area contributed by atoms with E-state index in [0.29, 0.717) is 36.0 Å². The van der Waals surface area contributed by atoms with Gasteiger partial charge in [0, 0.05) is 11.6 Å². The first-order chi connectivity index (χ1) is 10.3. The summed E-state index contributed by atoms with van der Waals surface area (Å²) in [4.78, 5) is 12.4. The highest BCUT2D eigenvalue weighted by Gasteiger charge is 2.22. The molecule has 0 radical (unpaired) electrons. The van der Waals surface area contributed by atoms with Gasteiger partial charge in [0.25, 0.3) is 5.91 Å². The number of nitrogens with one attached hydrogen (secondary N) is 2. The highest BCUT2D eigenvalue weighted by Crippen LogP contribution is 2.40. The van der Waals surface area contributed by atoms with Gasteiger partial charge in [-0.3, -0.25) is 4.79 Å². The summed E-state index contributed by atoms with van der Waals surface area (Å²) in [6.45, 7) is 2.85. The van der Waals surface area contributed by atoms with Gasteiger partial charge in [-0.15, -0.1) is 0 Å². The van der Waals surface area contributed by atoms with Crippen LogP contribution in [-0.2, 0) is 0 Å². The zero-order valence-electron chi connectivity index (χ0n) is 12.1. The van der Waals surface area contributed by atoms with Gasteiger partial charge in [0.15, 0.2) is 11.5 Å². The molecule has 0 atom stereocenters. The highest BCUT2D eigenvalue weighted by atomic mass is 16.6. The van der Waals surface area contributed by atoms with Crippen molar-refractivity contribution in [2.24, 2.45) is 0 Å². The molecular weight excluding hydrogens is 272 g/mol. The number of hydrogen-bond acceptors (Lipinski definition) is 5. The maximum Gasteiger partial charge on any atom is 0.251 e. The molecule has 0 saturated carbocycles. The van der Waals surface area contributed by atoms with Crippen LogP contribution >= 0.6 is 0 Å². The van der Waals surface area contributed by atoms with Crippen molar-refractivity contribution in [3.8, 4) is 17.2 Å². The first kappa shape index (κ1) is 14.0. The van der Waals surface area contributed by atoms with Crippen molar-refractivity contribution in [1.82, 2.24) is 10.6 Å². The first-order valence-electron chi connectivity index (χ1n) is 7.27. The van der Waals surface area contributed by atoms with Crippen LogP contribution in [0.5, 0.6) is 17.2 Å². The molecule has 3 rings (SSSR count). The summed E-state index contributed by atoms with van der Waals surface area (Å²) in [6.07, 6.45) is 1.90. The van der Waals surface area contributed by atoms with Crippen molar-refractivity contribution >= 4 is 5.91 Å². The minimum Gasteiger partial charge on any atom is -0.493 e. The Kier molecular flexibility index (Phi) is 4.15. The van der Waals surface area contributed by atoms with Crippen LogP contribution < -0.4 is 24.8 Å².